The first-order valence-corrected chi connectivity index (χ1v) is 11.6. The van der Waals surface area contributed by atoms with Crippen LogP contribution in [0.5, 0.6) is 0 Å². The molecule has 0 bridgehead atoms. The van der Waals surface area contributed by atoms with Gasteiger partial charge in [-0.05, 0) is 55.4 Å². The van der Waals surface area contributed by atoms with Crippen LogP contribution in [0.4, 0.5) is 5.69 Å². The van der Waals surface area contributed by atoms with Gasteiger partial charge in [-0.15, -0.1) is 0 Å². The molecule has 0 saturated heterocycles. The van der Waals surface area contributed by atoms with Gasteiger partial charge in [0, 0.05) is 24.3 Å². The second-order valence-corrected chi connectivity index (χ2v) is 9.89. The molecule has 1 heterocycles. The van der Waals surface area contributed by atoms with Crippen molar-refractivity contribution in [2.24, 2.45) is 0 Å². The highest BCUT2D eigenvalue weighted by molar-refractivity contribution is 7.89. The topological polar surface area (TPSA) is 113 Å². The van der Waals surface area contributed by atoms with Crippen LogP contribution in [0.15, 0.2) is 52.3 Å². The number of fused-ring (bicyclic) bond motifs is 1. The van der Waals surface area contributed by atoms with E-state index in [0.717, 1.165) is 5.56 Å². The molecule has 0 saturated carbocycles. The van der Waals surface area contributed by atoms with Gasteiger partial charge in [0.1, 0.15) is 0 Å². The van der Waals surface area contributed by atoms with Gasteiger partial charge in [-0.25, -0.2) is 26.3 Å². The van der Waals surface area contributed by atoms with Gasteiger partial charge in [0.25, 0.3) is 5.91 Å². The number of benzene rings is 2. The van der Waals surface area contributed by atoms with Gasteiger partial charge < -0.3 is 4.90 Å². The van der Waals surface area contributed by atoms with Crippen molar-refractivity contribution < 1.29 is 21.6 Å². The number of hydrogen-bond acceptors (Lipinski definition) is 5. The molecular weight excluding hydrogens is 402 g/mol. The Labute approximate surface area is 164 Å². The maximum atomic E-state index is 13.0. The SMILES string of the molecule is CCNS(=O)(=O)c1cccc(C(=O)N2CCc3cc(S(=O)(=O)NC)ccc32)c1. The highest BCUT2D eigenvalue weighted by Crippen LogP contribution is 2.31. The number of sulfonamides is 2. The Bertz CT molecular complexity index is 1130. The van der Waals surface area contributed by atoms with Crippen LogP contribution < -0.4 is 14.3 Å². The molecule has 150 valence electrons. The Hall–Kier alpha value is -2.27. The molecule has 0 fully saturated rings. The number of carbonyl (C=O) groups is 1. The van der Waals surface area contributed by atoms with E-state index in [4.69, 9.17) is 0 Å². The first kappa shape index (κ1) is 20.5. The second-order valence-electron chi connectivity index (χ2n) is 6.23. The fraction of sp³-hybridized carbons (Fsp3) is 0.278. The second kappa shape index (κ2) is 7.63. The van der Waals surface area contributed by atoms with E-state index >= 15 is 0 Å². The molecule has 0 atom stereocenters. The van der Waals surface area contributed by atoms with Crippen molar-refractivity contribution >= 4 is 31.6 Å². The average molecular weight is 424 g/mol. The summed E-state index contributed by atoms with van der Waals surface area (Å²) < 4.78 is 53.0. The van der Waals surface area contributed by atoms with Crippen LogP contribution in [0.1, 0.15) is 22.8 Å². The van der Waals surface area contributed by atoms with Crippen molar-refractivity contribution in [2.75, 3.05) is 25.0 Å². The zero-order valence-electron chi connectivity index (χ0n) is 15.5. The summed E-state index contributed by atoms with van der Waals surface area (Å²) in [5.74, 6) is -0.337. The first-order chi connectivity index (χ1) is 13.2. The Balaban J connectivity index is 1.93. The van der Waals surface area contributed by atoms with E-state index in [2.05, 4.69) is 9.44 Å². The molecule has 1 aliphatic heterocycles. The van der Waals surface area contributed by atoms with Gasteiger partial charge in [-0.3, -0.25) is 4.79 Å². The fourth-order valence-corrected chi connectivity index (χ4v) is 4.97. The fourth-order valence-electron chi connectivity index (χ4n) is 3.10. The van der Waals surface area contributed by atoms with Crippen LogP contribution in [0, 0.1) is 0 Å². The van der Waals surface area contributed by atoms with Gasteiger partial charge in [0.05, 0.1) is 9.79 Å². The maximum absolute atomic E-state index is 13.0. The first-order valence-electron chi connectivity index (χ1n) is 8.67. The third-order valence-electron chi connectivity index (χ3n) is 4.50. The molecule has 1 amide bonds. The third kappa shape index (κ3) is 3.81. The summed E-state index contributed by atoms with van der Waals surface area (Å²) in [5.41, 5.74) is 1.62. The molecule has 0 spiro atoms. The molecule has 2 aromatic carbocycles. The van der Waals surface area contributed by atoms with E-state index in [0.29, 0.717) is 18.7 Å². The third-order valence-corrected chi connectivity index (χ3v) is 7.45. The van der Waals surface area contributed by atoms with Crippen molar-refractivity contribution in [2.45, 2.75) is 23.1 Å². The lowest BCUT2D eigenvalue weighted by molar-refractivity contribution is 0.0989. The predicted octanol–water partition coefficient (Wildman–Crippen LogP) is 1.10. The summed E-state index contributed by atoms with van der Waals surface area (Å²) in [6, 6.07) is 10.5. The monoisotopic (exact) mass is 423 g/mol. The summed E-state index contributed by atoms with van der Waals surface area (Å²) in [5, 5.41) is 0. The van der Waals surface area contributed by atoms with E-state index in [1.165, 1.54) is 36.2 Å². The number of amides is 1. The Morgan fingerprint density at radius 1 is 1.04 bits per heavy atom. The van der Waals surface area contributed by atoms with Crippen molar-refractivity contribution in [3.63, 3.8) is 0 Å². The van der Waals surface area contributed by atoms with E-state index < -0.39 is 20.0 Å². The van der Waals surface area contributed by atoms with Crippen LogP contribution >= 0.6 is 0 Å². The lowest BCUT2D eigenvalue weighted by atomic mass is 10.1. The van der Waals surface area contributed by atoms with Crippen molar-refractivity contribution in [3.8, 4) is 0 Å². The summed E-state index contributed by atoms with van der Waals surface area (Å²) >= 11 is 0. The Kier molecular flexibility index (Phi) is 5.57. The largest absolute Gasteiger partial charge is 0.308 e. The standard InChI is InChI=1S/C18H21N3O5S2/c1-3-20-28(25,26)15-6-4-5-14(12-15)18(22)21-10-9-13-11-16(7-8-17(13)21)27(23,24)19-2/h4-8,11-12,19-20H,3,9-10H2,1-2H3. The van der Waals surface area contributed by atoms with Gasteiger partial charge in [-0.1, -0.05) is 13.0 Å². The highest BCUT2D eigenvalue weighted by atomic mass is 32.2. The van der Waals surface area contributed by atoms with Crippen molar-refractivity contribution in [1.82, 2.24) is 9.44 Å². The van der Waals surface area contributed by atoms with Crippen LogP contribution in [0.2, 0.25) is 0 Å². The number of anilines is 1. The molecule has 0 unspecified atom stereocenters. The molecule has 8 nitrogen and oxygen atoms in total. The highest BCUT2D eigenvalue weighted by Gasteiger charge is 2.28. The number of carbonyl (C=O) groups excluding carboxylic acids is 1. The lowest BCUT2D eigenvalue weighted by Gasteiger charge is -2.18. The van der Waals surface area contributed by atoms with Gasteiger partial charge in [0.2, 0.25) is 20.0 Å². The molecule has 0 aromatic heterocycles. The van der Waals surface area contributed by atoms with Crippen LogP contribution in [-0.4, -0.2) is 42.9 Å². The summed E-state index contributed by atoms with van der Waals surface area (Å²) in [6.07, 6.45) is 0.517. The normalized spacial score (nSPS) is 14.1. The smallest absolute Gasteiger partial charge is 0.258 e. The molecule has 2 aromatic rings. The molecule has 3 rings (SSSR count). The molecule has 1 aliphatic rings. The summed E-state index contributed by atoms with van der Waals surface area (Å²) in [4.78, 5) is 14.7. The van der Waals surface area contributed by atoms with Gasteiger partial charge in [0.15, 0.2) is 0 Å². The number of hydrogen-bond donors (Lipinski definition) is 2. The van der Waals surface area contributed by atoms with E-state index in [1.807, 2.05) is 0 Å². The molecule has 2 N–H and O–H groups in total. The maximum Gasteiger partial charge on any atom is 0.258 e. The summed E-state index contributed by atoms with van der Waals surface area (Å²) in [7, 11) is -5.89. The molecule has 0 aliphatic carbocycles. The number of nitrogens with one attached hydrogen (secondary N) is 2. The minimum Gasteiger partial charge on any atom is -0.308 e. The minimum atomic E-state index is -3.67. The van der Waals surface area contributed by atoms with E-state index in [9.17, 15) is 21.6 Å². The molecule has 10 heteroatoms. The molecular formula is C18H21N3O5S2. The van der Waals surface area contributed by atoms with Gasteiger partial charge >= 0.3 is 0 Å². The van der Waals surface area contributed by atoms with Crippen molar-refractivity contribution in [3.05, 3.63) is 53.6 Å². The van der Waals surface area contributed by atoms with E-state index in [-0.39, 0.29) is 27.8 Å². The average Bonchev–Trinajstić information content (AvgIpc) is 3.10. The Morgan fingerprint density at radius 3 is 2.43 bits per heavy atom. The number of nitrogens with zero attached hydrogens (tertiary/aromatic N) is 1. The number of rotatable bonds is 6. The zero-order valence-corrected chi connectivity index (χ0v) is 17.1. The van der Waals surface area contributed by atoms with Crippen LogP contribution in [0.25, 0.3) is 0 Å². The van der Waals surface area contributed by atoms with Crippen LogP contribution in [0.3, 0.4) is 0 Å². The van der Waals surface area contributed by atoms with E-state index in [1.54, 1.807) is 25.1 Å². The minimum absolute atomic E-state index is 0.0232. The van der Waals surface area contributed by atoms with Gasteiger partial charge in [-0.2, -0.15) is 0 Å². The Morgan fingerprint density at radius 2 is 1.75 bits per heavy atom. The lowest BCUT2D eigenvalue weighted by Crippen LogP contribution is -2.29. The van der Waals surface area contributed by atoms with Crippen LogP contribution in [-0.2, 0) is 26.5 Å². The molecule has 0 radical (unpaired) electrons. The summed E-state index contributed by atoms with van der Waals surface area (Å²) in [6.45, 7) is 2.31. The predicted molar refractivity (Wildman–Crippen MR) is 105 cm³/mol. The molecule has 28 heavy (non-hydrogen) atoms. The quantitative estimate of drug-likeness (QED) is 0.722. The van der Waals surface area contributed by atoms with Crippen molar-refractivity contribution in [1.29, 1.82) is 0 Å². The zero-order chi connectivity index (χ0) is 20.5.